The maximum atomic E-state index is 11.8. The van der Waals surface area contributed by atoms with E-state index in [1.165, 1.54) is 0 Å². The normalized spacial score (nSPS) is 16.3. The molecule has 1 fully saturated rings. The fourth-order valence-corrected chi connectivity index (χ4v) is 1.87. The number of urea groups is 1. The Morgan fingerprint density at radius 2 is 2.17 bits per heavy atom. The lowest BCUT2D eigenvalue weighted by Gasteiger charge is -2.21. The molecule has 3 amide bonds. The minimum absolute atomic E-state index is 0.101. The first-order valence-corrected chi connectivity index (χ1v) is 5.91. The van der Waals surface area contributed by atoms with Gasteiger partial charge < -0.3 is 9.84 Å². The van der Waals surface area contributed by atoms with Crippen LogP contribution in [0, 0.1) is 12.8 Å². The molecule has 1 aromatic rings. The lowest BCUT2D eigenvalue weighted by Crippen LogP contribution is -2.42. The first-order chi connectivity index (χ1) is 8.65. The third-order valence-corrected chi connectivity index (χ3v) is 2.82. The molecule has 2 rings (SSSR count). The standard InChI is InChI=1S/C11H16N4O3/c1-7-6-9(15-18-7)13-11(17)14-10(16)8-2-4-12-5-3-8/h6,8,12H,2-5H2,1H3,(H2,13,14,15,16,17). The van der Waals surface area contributed by atoms with Crippen molar-refractivity contribution in [3.05, 3.63) is 11.8 Å². The van der Waals surface area contributed by atoms with Gasteiger partial charge in [-0.3, -0.25) is 15.4 Å². The maximum absolute atomic E-state index is 11.8. The van der Waals surface area contributed by atoms with Crippen molar-refractivity contribution in [2.45, 2.75) is 19.8 Å². The van der Waals surface area contributed by atoms with Gasteiger partial charge in [-0.2, -0.15) is 0 Å². The molecule has 0 bridgehead atoms. The van der Waals surface area contributed by atoms with Gasteiger partial charge in [0.15, 0.2) is 5.82 Å². The van der Waals surface area contributed by atoms with Crippen LogP contribution in [0.25, 0.3) is 0 Å². The second-order valence-electron chi connectivity index (χ2n) is 4.29. The van der Waals surface area contributed by atoms with Crippen LogP contribution in [0.15, 0.2) is 10.6 Å². The van der Waals surface area contributed by atoms with Crippen LogP contribution in [-0.2, 0) is 4.79 Å². The Kier molecular flexibility index (Phi) is 3.93. The lowest BCUT2D eigenvalue weighted by atomic mass is 9.97. The summed E-state index contributed by atoms with van der Waals surface area (Å²) < 4.78 is 4.80. The highest BCUT2D eigenvalue weighted by Gasteiger charge is 2.22. The van der Waals surface area contributed by atoms with Gasteiger partial charge in [0, 0.05) is 12.0 Å². The van der Waals surface area contributed by atoms with Crippen LogP contribution >= 0.6 is 0 Å². The summed E-state index contributed by atoms with van der Waals surface area (Å²) in [7, 11) is 0. The van der Waals surface area contributed by atoms with Crippen LogP contribution in [0.3, 0.4) is 0 Å². The molecule has 0 aromatic carbocycles. The molecular formula is C11H16N4O3. The molecule has 18 heavy (non-hydrogen) atoms. The van der Waals surface area contributed by atoms with E-state index >= 15 is 0 Å². The Bertz CT molecular complexity index is 437. The van der Waals surface area contributed by atoms with Crippen LogP contribution in [0.4, 0.5) is 10.6 Å². The van der Waals surface area contributed by atoms with Crippen LogP contribution in [-0.4, -0.2) is 30.2 Å². The molecule has 98 valence electrons. The molecular weight excluding hydrogens is 236 g/mol. The van der Waals surface area contributed by atoms with Crippen LogP contribution in [0.2, 0.25) is 0 Å². The predicted molar refractivity (Wildman–Crippen MR) is 64.0 cm³/mol. The molecule has 3 N–H and O–H groups in total. The molecule has 1 aliphatic rings. The van der Waals surface area contributed by atoms with E-state index in [-0.39, 0.29) is 11.8 Å². The van der Waals surface area contributed by atoms with Gasteiger partial charge in [-0.05, 0) is 32.9 Å². The van der Waals surface area contributed by atoms with Gasteiger partial charge in [0.25, 0.3) is 0 Å². The minimum Gasteiger partial charge on any atom is -0.360 e. The topological polar surface area (TPSA) is 96.3 Å². The zero-order valence-electron chi connectivity index (χ0n) is 10.2. The summed E-state index contributed by atoms with van der Waals surface area (Å²) >= 11 is 0. The smallest absolute Gasteiger partial charge is 0.327 e. The van der Waals surface area contributed by atoms with E-state index in [0.717, 1.165) is 25.9 Å². The van der Waals surface area contributed by atoms with Gasteiger partial charge in [0.05, 0.1) is 0 Å². The Morgan fingerprint density at radius 1 is 1.44 bits per heavy atom. The van der Waals surface area contributed by atoms with E-state index in [1.807, 2.05) is 0 Å². The molecule has 0 unspecified atom stereocenters. The number of nitrogens with one attached hydrogen (secondary N) is 3. The van der Waals surface area contributed by atoms with Gasteiger partial charge in [0.1, 0.15) is 5.76 Å². The zero-order valence-corrected chi connectivity index (χ0v) is 10.2. The number of imide groups is 1. The fraction of sp³-hybridized carbons (Fsp3) is 0.545. The molecule has 7 heteroatoms. The largest absolute Gasteiger partial charge is 0.360 e. The summed E-state index contributed by atoms with van der Waals surface area (Å²) in [6.07, 6.45) is 1.50. The second kappa shape index (κ2) is 5.63. The highest BCUT2D eigenvalue weighted by molar-refractivity contribution is 6.01. The van der Waals surface area contributed by atoms with E-state index in [9.17, 15) is 9.59 Å². The number of anilines is 1. The average molecular weight is 252 g/mol. The van der Waals surface area contributed by atoms with E-state index in [4.69, 9.17) is 4.52 Å². The van der Waals surface area contributed by atoms with Crippen molar-refractivity contribution in [2.24, 2.45) is 5.92 Å². The molecule has 0 spiro atoms. The van der Waals surface area contributed by atoms with Crippen molar-refractivity contribution in [3.63, 3.8) is 0 Å². The summed E-state index contributed by atoms with van der Waals surface area (Å²) in [5.74, 6) is 0.545. The molecule has 1 aromatic heterocycles. The molecule has 1 saturated heterocycles. The van der Waals surface area contributed by atoms with Gasteiger partial charge >= 0.3 is 6.03 Å². The SMILES string of the molecule is Cc1cc(NC(=O)NC(=O)C2CCNCC2)no1. The first-order valence-electron chi connectivity index (χ1n) is 5.91. The van der Waals surface area contributed by atoms with Crippen molar-refractivity contribution in [3.8, 4) is 0 Å². The van der Waals surface area contributed by atoms with Gasteiger partial charge in [0.2, 0.25) is 5.91 Å². The van der Waals surface area contributed by atoms with E-state index < -0.39 is 6.03 Å². The number of piperidine rings is 1. The minimum atomic E-state index is -0.577. The van der Waals surface area contributed by atoms with E-state index in [1.54, 1.807) is 13.0 Å². The Hall–Kier alpha value is -1.89. The predicted octanol–water partition coefficient (Wildman–Crippen LogP) is 0.631. The molecule has 7 nitrogen and oxygen atoms in total. The molecule has 2 heterocycles. The van der Waals surface area contributed by atoms with Crippen LogP contribution in [0.5, 0.6) is 0 Å². The van der Waals surface area contributed by atoms with Gasteiger partial charge in [-0.25, -0.2) is 4.79 Å². The van der Waals surface area contributed by atoms with Crippen LogP contribution in [0.1, 0.15) is 18.6 Å². The lowest BCUT2D eigenvalue weighted by molar-refractivity contribution is -0.124. The van der Waals surface area contributed by atoms with Gasteiger partial charge in [-0.1, -0.05) is 5.16 Å². The summed E-state index contributed by atoms with van der Waals surface area (Å²) in [6.45, 7) is 3.33. The van der Waals surface area contributed by atoms with Crippen LogP contribution < -0.4 is 16.0 Å². The molecule has 0 radical (unpaired) electrons. The summed E-state index contributed by atoms with van der Waals surface area (Å²) in [5, 5.41) is 11.5. The quantitative estimate of drug-likeness (QED) is 0.717. The second-order valence-corrected chi connectivity index (χ2v) is 4.29. The van der Waals surface area contributed by atoms with Crippen molar-refractivity contribution >= 4 is 17.8 Å². The Labute approximate surface area is 104 Å². The molecule has 0 saturated carbocycles. The number of aryl methyl sites for hydroxylation is 1. The summed E-state index contributed by atoms with van der Waals surface area (Å²) in [4.78, 5) is 23.3. The number of rotatable bonds is 2. The fourth-order valence-electron chi connectivity index (χ4n) is 1.87. The number of amides is 3. The van der Waals surface area contributed by atoms with Crippen molar-refractivity contribution in [1.82, 2.24) is 15.8 Å². The molecule has 1 aliphatic heterocycles. The molecule has 0 aliphatic carbocycles. The Morgan fingerprint density at radius 3 is 2.78 bits per heavy atom. The summed E-state index contributed by atoms with van der Waals surface area (Å²) in [6, 6.07) is 1.00. The Balaban J connectivity index is 1.81. The monoisotopic (exact) mass is 252 g/mol. The van der Waals surface area contributed by atoms with Crippen molar-refractivity contribution < 1.29 is 14.1 Å². The van der Waals surface area contributed by atoms with Crippen molar-refractivity contribution in [1.29, 1.82) is 0 Å². The number of carbonyl (C=O) groups is 2. The highest BCUT2D eigenvalue weighted by atomic mass is 16.5. The number of aromatic nitrogens is 1. The maximum Gasteiger partial charge on any atom is 0.327 e. The third-order valence-electron chi connectivity index (χ3n) is 2.82. The van der Waals surface area contributed by atoms with E-state index in [2.05, 4.69) is 21.1 Å². The number of carbonyl (C=O) groups excluding carboxylic acids is 2. The third kappa shape index (κ3) is 3.30. The molecule has 0 atom stereocenters. The first kappa shape index (κ1) is 12.6. The van der Waals surface area contributed by atoms with E-state index in [0.29, 0.717) is 11.6 Å². The average Bonchev–Trinajstić information content (AvgIpc) is 2.75. The summed E-state index contributed by atoms with van der Waals surface area (Å²) in [5.41, 5.74) is 0. The van der Waals surface area contributed by atoms with Crippen molar-refractivity contribution in [2.75, 3.05) is 18.4 Å². The number of nitrogens with zero attached hydrogens (tertiary/aromatic N) is 1. The number of hydrogen-bond donors (Lipinski definition) is 3. The number of hydrogen-bond acceptors (Lipinski definition) is 5. The zero-order chi connectivity index (χ0) is 13.0. The van der Waals surface area contributed by atoms with Gasteiger partial charge in [-0.15, -0.1) is 0 Å². The highest BCUT2D eigenvalue weighted by Crippen LogP contribution is 2.11.